The van der Waals surface area contributed by atoms with Crippen molar-refractivity contribution >= 4 is 0 Å². The lowest BCUT2D eigenvalue weighted by molar-refractivity contribution is -0.0240. The molecule has 0 heterocycles. The molecular weight excluding hydrogens is 186 g/mol. The largest absolute Gasteiger partial charge is 0.378 e. The number of hydrogen-bond donors (Lipinski definition) is 1. The monoisotopic (exact) mass is 213 g/mol. The molecule has 1 aliphatic carbocycles. The van der Waals surface area contributed by atoms with Gasteiger partial charge in [0.2, 0.25) is 0 Å². The van der Waals surface area contributed by atoms with E-state index in [1.807, 2.05) is 0 Å². The minimum atomic E-state index is 0.445. The van der Waals surface area contributed by atoms with E-state index in [1.54, 1.807) is 0 Å². The Morgan fingerprint density at radius 3 is 2.60 bits per heavy atom. The Bertz CT molecular complexity index is 161. The van der Waals surface area contributed by atoms with Crippen LogP contribution in [0, 0.1) is 11.8 Å². The normalized spacial score (nSPS) is 31.8. The summed E-state index contributed by atoms with van der Waals surface area (Å²) in [4.78, 5) is 0. The van der Waals surface area contributed by atoms with Gasteiger partial charge < -0.3 is 10.5 Å². The van der Waals surface area contributed by atoms with Crippen molar-refractivity contribution in [3.8, 4) is 0 Å². The summed E-state index contributed by atoms with van der Waals surface area (Å²) in [5.41, 5.74) is 5.80. The van der Waals surface area contributed by atoms with Crippen molar-refractivity contribution in [2.45, 2.75) is 58.5 Å². The second kappa shape index (κ2) is 7.24. The SMILES string of the molecule is CCCOC1CC(CCC)CCC1CN. The van der Waals surface area contributed by atoms with Crippen LogP contribution in [0.4, 0.5) is 0 Å². The molecular formula is C13H27NO. The first-order valence-electron chi connectivity index (χ1n) is 6.63. The van der Waals surface area contributed by atoms with E-state index in [-0.39, 0.29) is 0 Å². The lowest BCUT2D eigenvalue weighted by Gasteiger charge is -2.35. The summed E-state index contributed by atoms with van der Waals surface area (Å²) in [7, 11) is 0. The molecule has 2 heteroatoms. The molecule has 0 radical (unpaired) electrons. The summed E-state index contributed by atoms with van der Waals surface area (Å²) in [5.74, 6) is 1.50. The number of nitrogens with two attached hydrogens (primary N) is 1. The van der Waals surface area contributed by atoms with Crippen molar-refractivity contribution in [2.75, 3.05) is 13.2 Å². The van der Waals surface area contributed by atoms with Crippen LogP contribution in [-0.2, 0) is 4.74 Å². The van der Waals surface area contributed by atoms with Gasteiger partial charge in [0.1, 0.15) is 0 Å². The van der Waals surface area contributed by atoms with Crippen LogP contribution in [0.1, 0.15) is 52.4 Å². The third kappa shape index (κ3) is 4.12. The smallest absolute Gasteiger partial charge is 0.0617 e. The lowest BCUT2D eigenvalue weighted by Crippen LogP contribution is -2.36. The van der Waals surface area contributed by atoms with Crippen LogP contribution in [0.15, 0.2) is 0 Å². The molecule has 3 unspecified atom stereocenters. The van der Waals surface area contributed by atoms with Crippen LogP contribution in [0.3, 0.4) is 0 Å². The van der Waals surface area contributed by atoms with Crippen LogP contribution >= 0.6 is 0 Å². The molecule has 0 spiro atoms. The second-order valence-corrected chi connectivity index (χ2v) is 4.87. The maximum Gasteiger partial charge on any atom is 0.0617 e. The van der Waals surface area contributed by atoms with Gasteiger partial charge in [0.05, 0.1) is 6.10 Å². The Labute approximate surface area is 94.6 Å². The molecule has 0 saturated heterocycles. The van der Waals surface area contributed by atoms with Gasteiger partial charge in [-0.2, -0.15) is 0 Å². The highest BCUT2D eigenvalue weighted by Crippen LogP contribution is 2.33. The van der Waals surface area contributed by atoms with Crippen LogP contribution < -0.4 is 5.73 Å². The van der Waals surface area contributed by atoms with E-state index in [2.05, 4.69) is 13.8 Å². The molecule has 1 aliphatic rings. The maximum absolute atomic E-state index is 5.93. The Balaban J connectivity index is 2.38. The van der Waals surface area contributed by atoms with Crippen LogP contribution in [0.2, 0.25) is 0 Å². The molecule has 0 bridgehead atoms. The Kier molecular flexibility index (Phi) is 6.26. The minimum Gasteiger partial charge on any atom is -0.378 e. The third-order valence-electron chi connectivity index (χ3n) is 3.57. The summed E-state index contributed by atoms with van der Waals surface area (Å²) in [6.07, 6.45) is 8.11. The minimum absolute atomic E-state index is 0.445. The van der Waals surface area contributed by atoms with Crippen molar-refractivity contribution in [3.63, 3.8) is 0 Å². The van der Waals surface area contributed by atoms with Crippen molar-refractivity contribution in [3.05, 3.63) is 0 Å². The molecule has 3 atom stereocenters. The van der Waals surface area contributed by atoms with Gasteiger partial charge in [-0.1, -0.05) is 26.7 Å². The van der Waals surface area contributed by atoms with E-state index in [1.165, 1.54) is 32.1 Å². The molecule has 0 aromatic rings. The topological polar surface area (TPSA) is 35.2 Å². The Morgan fingerprint density at radius 2 is 2.00 bits per heavy atom. The average Bonchev–Trinajstić information content (AvgIpc) is 2.27. The quantitative estimate of drug-likeness (QED) is 0.736. The van der Waals surface area contributed by atoms with E-state index in [9.17, 15) is 0 Å². The summed E-state index contributed by atoms with van der Waals surface area (Å²) >= 11 is 0. The summed E-state index contributed by atoms with van der Waals surface area (Å²) in [6, 6.07) is 0. The van der Waals surface area contributed by atoms with Gasteiger partial charge in [0, 0.05) is 6.61 Å². The highest BCUT2D eigenvalue weighted by atomic mass is 16.5. The van der Waals surface area contributed by atoms with Gasteiger partial charge in [-0.3, -0.25) is 0 Å². The molecule has 0 aliphatic heterocycles. The third-order valence-corrected chi connectivity index (χ3v) is 3.57. The molecule has 1 fully saturated rings. The van der Waals surface area contributed by atoms with Gasteiger partial charge in [0.25, 0.3) is 0 Å². The van der Waals surface area contributed by atoms with E-state index < -0.39 is 0 Å². The van der Waals surface area contributed by atoms with Crippen molar-refractivity contribution < 1.29 is 4.74 Å². The highest BCUT2D eigenvalue weighted by molar-refractivity contribution is 4.81. The first-order chi connectivity index (χ1) is 7.31. The van der Waals surface area contributed by atoms with Gasteiger partial charge in [-0.05, 0) is 44.1 Å². The summed E-state index contributed by atoms with van der Waals surface area (Å²) in [6.45, 7) is 6.15. The summed E-state index contributed by atoms with van der Waals surface area (Å²) < 4.78 is 5.93. The number of ether oxygens (including phenoxy) is 1. The number of rotatable bonds is 6. The molecule has 2 N–H and O–H groups in total. The predicted molar refractivity (Wildman–Crippen MR) is 64.8 cm³/mol. The van der Waals surface area contributed by atoms with Crippen LogP contribution in [0.25, 0.3) is 0 Å². The first-order valence-corrected chi connectivity index (χ1v) is 6.63. The van der Waals surface area contributed by atoms with Crippen molar-refractivity contribution in [1.82, 2.24) is 0 Å². The molecule has 0 aromatic heterocycles. The fourth-order valence-corrected chi connectivity index (χ4v) is 2.69. The fourth-order valence-electron chi connectivity index (χ4n) is 2.69. The highest BCUT2D eigenvalue weighted by Gasteiger charge is 2.29. The van der Waals surface area contributed by atoms with E-state index in [4.69, 9.17) is 10.5 Å². The predicted octanol–water partition coefficient (Wildman–Crippen LogP) is 2.96. The zero-order valence-electron chi connectivity index (χ0n) is 10.4. The average molecular weight is 213 g/mol. The van der Waals surface area contributed by atoms with Crippen molar-refractivity contribution in [1.29, 1.82) is 0 Å². The van der Waals surface area contributed by atoms with E-state index in [0.29, 0.717) is 12.0 Å². The van der Waals surface area contributed by atoms with Gasteiger partial charge in [0.15, 0.2) is 0 Å². The molecule has 15 heavy (non-hydrogen) atoms. The molecule has 90 valence electrons. The molecule has 0 amide bonds. The molecule has 2 nitrogen and oxygen atoms in total. The van der Waals surface area contributed by atoms with Gasteiger partial charge >= 0.3 is 0 Å². The van der Waals surface area contributed by atoms with Crippen LogP contribution in [0.5, 0.6) is 0 Å². The van der Waals surface area contributed by atoms with Gasteiger partial charge in [-0.25, -0.2) is 0 Å². The Morgan fingerprint density at radius 1 is 1.20 bits per heavy atom. The van der Waals surface area contributed by atoms with E-state index >= 15 is 0 Å². The molecule has 0 aromatic carbocycles. The molecule has 1 rings (SSSR count). The fraction of sp³-hybridized carbons (Fsp3) is 1.00. The Hall–Kier alpha value is -0.0800. The van der Waals surface area contributed by atoms with Crippen molar-refractivity contribution in [2.24, 2.45) is 17.6 Å². The van der Waals surface area contributed by atoms with Gasteiger partial charge in [-0.15, -0.1) is 0 Å². The van der Waals surface area contributed by atoms with Crippen LogP contribution in [-0.4, -0.2) is 19.3 Å². The number of hydrogen-bond acceptors (Lipinski definition) is 2. The second-order valence-electron chi connectivity index (χ2n) is 4.87. The summed E-state index contributed by atoms with van der Waals surface area (Å²) in [5, 5.41) is 0. The zero-order valence-corrected chi connectivity index (χ0v) is 10.4. The molecule has 1 saturated carbocycles. The maximum atomic E-state index is 5.93. The van der Waals surface area contributed by atoms with E-state index in [0.717, 1.165) is 25.5 Å². The standard InChI is InChI=1S/C13H27NO/c1-3-5-11-6-7-12(10-14)13(9-11)15-8-4-2/h11-13H,3-10,14H2,1-2H3. The zero-order chi connectivity index (χ0) is 11.1. The first kappa shape index (κ1) is 13.0. The lowest BCUT2D eigenvalue weighted by atomic mass is 9.78.